The van der Waals surface area contributed by atoms with E-state index >= 15 is 0 Å². The van der Waals surface area contributed by atoms with E-state index < -0.39 is 0 Å². The van der Waals surface area contributed by atoms with Crippen molar-refractivity contribution in [3.05, 3.63) is 42.2 Å². The Bertz CT molecular complexity index is 614. The van der Waals surface area contributed by atoms with Gasteiger partial charge in [-0.05, 0) is 43.7 Å². The number of aryl methyl sites for hydroxylation is 1. The highest BCUT2D eigenvalue weighted by molar-refractivity contribution is 5.69. The summed E-state index contributed by atoms with van der Waals surface area (Å²) in [5, 5.41) is 3.12. The molecule has 116 valence electrons. The fraction of sp³-hybridized carbons (Fsp3) is 0.312. The zero-order valence-electron chi connectivity index (χ0n) is 12.7. The van der Waals surface area contributed by atoms with E-state index in [9.17, 15) is 4.79 Å². The molecular weight excluding hydrogens is 282 g/mol. The van der Waals surface area contributed by atoms with E-state index in [2.05, 4.69) is 20.0 Å². The minimum Gasteiger partial charge on any atom is -0.494 e. The Kier molecular flexibility index (Phi) is 5.71. The van der Waals surface area contributed by atoms with Crippen LogP contribution in [0.25, 0.3) is 0 Å². The summed E-state index contributed by atoms with van der Waals surface area (Å²) in [5.74, 6) is 1.09. The molecule has 6 nitrogen and oxygen atoms in total. The molecular formula is C16H19N3O3. The largest absolute Gasteiger partial charge is 0.494 e. The van der Waals surface area contributed by atoms with Crippen molar-refractivity contribution in [2.24, 2.45) is 0 Å². The minimum absolute atomic E-state index is 0.221. The molecule has 6 heteroatoms. The molecule has 2 aromatic rings. The molecule has 0 atom stereocenters. The third-order valence-corrected chi connectivity index (χ3v) is 2.93. The van der Waals surface area contributed by atoms with E-state index in [1.165, 1.54) is 7.11 Å². The molecule has 0 spiro atoms. The Balaban J connectivity index is 1.81. The number of ether oxygens (including phenoxy) is 2. The maximum atomic E-state index is 11.0. The first kappa shape index (κ1) is 15.8. The van der Waals surface area contributed by atoms with E-state index in [0.717, 1.165) is 17.1 Å². The molecule has 22 heavy (non-hydrogen) atoms. The molecule has 1 aromatic carbocycles. The molecule has 0 radical (unpaired) electrons. The molecule has 0 fully saturated rings. The van der Waals surface area contributed by atoms with Gasteiger partial charge in [0.1, 0.15) is 5.75 Å². The van der Waals surface area contributed by atoms with Crippen molar-refractivity contribution < 1.29 is 14.3 Å². The molecule has 0 aliphatic rings. The van der Waals surface area contributed by atoms with Crippen LogP contribution in [-0.2, 0) is 9.53 Å². The second-order valence-corrected chi connectivity index (χ2v) is 4.70. The zero-order valence-corrected chi connectivity index (χ0v) is 12.7. The first-order valence-corrected chi connectivity index (χ1v) is 7.04. The van der Waals surface area contributed by atoms with Crippen molar-refractivity contribution in [2.75, 3.05) is 19.0 Å². The Morgan fingerprint density at radius 1 is 1.23 bits per heavy atom. The lowest BCUT2D eigenvalue weighted by molar-refractivity contribution is -0.140. The predicted molar refractivity (Wildman–Crippen MR) is 83.2 cm³/mol. The highest BCUT2D eigenvalue weighted by Gasteiger charge is 2.01. The monoisotopic (exact) mass is 301 g/mol. The average Bonchev–Trinajstić information content (AvgIpc) is 2.53. The standard InChI is InChI=1S/C16H19N3O3/c1-12-9-10-17-16(18-12)19-13-5-7-14(8-6-13)22-11-3-4-15(20)21-2/h5-10H,3-4,11H2,1-2H3,(H,17,18,19). The summed E-state index contributed by atoms with van der Waals surface area (Å²) in [7, 11) is 1.38. The lowest BCUT2D eigenvalue weighted by Crippen LogP contribution is -2.04. The van der Waals surface area contributed by atoms with Crippen LogP contribution < -0.4 is 10.1 Å². The summed E-state index contributed by atoms with van der Waals surface area (Å²) < 4.78 is 10.1. The summed E-state index contributed by atoms with van der Waals surface area (Å²) in [6, 6.07) is 9.34. The van der Waals surface area contributed by atoms with Crippen molar-refractivity contribution in [3.63, 3.8) is 0 Å². The van der Waals surface area contributed by atoms with E-state index in [1.54, 1.807) is 6.20 Å². The number of esters is 1. The molecule has 2 rings (SSSR count). The molecule has 0 saturated heterocycles. The van der Waals surface area contributed by atoms with Crippen LogP contribution in [0, 0.1) is 6.92 Å². The number of anilines is 2. The third-order valence-electron chi connectivity index (χ3n) is 2.93. The van der Waals surface area contributed by atoms with Crippen LogP contribution in [-0.4, -0.2) is 29.7 Å². The van der Waals surface area contributed by atoms with E-state index in [0.29, 0.717) is 25.4 Å². The molecule has 0 saturated carbocycles. The first-order chi connectivity index (χ1) is 10.7. The van der Waals surface area contributed by atoms with Gasteiger partial charge in [-0.3, -0.25) is 4.79 Å². The highest BCUT2D eigenvalue weighted by Crippen LogP contribution is 2.18. The number of methoxy groups -OCH3 is 1. The van der Waals surface area contributed by atoms with Crippen LogP contribution in [0.2, 0.25) is 0 Å². The molecule has 0 amide bonds. The fourth-order valence-electron chi connectivity index (χ4n) is 1.78. The normalized spacial score (nSPS) is 10.1. The summed E-state index contributed by atoms with van der Waals surface area (Å²) in [6.45, 7) is 2.39. The smallest absolute Gasteiger partial charge is 0.305 e. The first-order valence-electron chi connectivity index (χ1n) is 7.04. The van der Waals surface area contributed by atoms with Gasteiger partial charge in [-0.15, -0.1) is 0 Å². The average molecular weight is 301 g/mol. The maximum Gasteiger partial charge on any atom is 0.305 e. The number of aromatic nitrogens is 2. The Labute approximate surface area is 129 Å². The van der Waals surface area contributed by atoms with Gasteiger partial charge < -0.3 is 14.8 Å². The number of hydrogen-bond acceptors (Lipinski definition) is 6. The molecule has 0 aliphatic carbocycles. The minimum atomic E-state index is -0.221. The molecule has 0 bridgehead atoms. The number of hydrogen-bond donors (Lipinski definition) is 1. The van der Waals surface area contributed by atoms with Crippen LogP contribution in [0.15, 0.2) is 36.5 Å². The predicted octanol–water partition coefficient (Wildman–Crippen LogP) is 2.86. The van der Waals surface area contributed by atoms with E-state index in [1.807, 2.05) is 37.3 Å². The number of benzene rings is 1. The number of nitrogens with zero attached hydrogens (tertiary/aromatic N) is 2. The van der Waals surface area contributed by atoms with Gasteiger partial charge in [-0.1, -0.05) is 0 Å². The van der Waals surface area contributed by atoms with Crippen molar-refractivity contribution >= 4 is 17.6 Å². The van der Waals surface area contributed by atoms with Gasteiger partial charge in [0.25, 0.3) is 0 Å². The Hall–Kier alpha value is -2.63. The van der Waals surface area contributed by atoms with E-state index in [-0.39, 0.29) is 5.97 Å². The quantitative estimate of drug-likeness (QED) is 0.626. The number of carbonyl (C=O) groups excluding carboxylic acids is 1. The summed E-state index contributed by atoms with van der Waals surface area (Å²) in [6.07, 6.45) is 2.70. The molecule has 1 heterocycles. The number of carbonyl (C=O) groups is 1. The highest BCUT2D eigenvalue weighted by atomic mass is 16.5. The van der Waals surface area contributed by atoms with Crippen molar-refractivity contribution in [3.8, 4) is 5.75 Å². The Morgan fingerprint density at radius 3 is 2.68 bits per heavy atom. The van der Waals surface area contributed by atoms with E-state index in [4.69, 9.17) is 4.74 Å². The SMILES string of the molecule is COC(=O)CCCOc1ccc(Nc2nccc(C)n2)cc1. The molecule has 1 aromatic heterocycles. The van der Waals surface area contributed by atoms with Gasteiger partial charge in [-0.25, -0.2) is 9.97 Å². The molecule has 0 unspecified atom stereocenters. The van der Waals surface area contributed by atoms with Crippen LogP contribution in [0.1, 0.15) is 18.5 Å². The molecule has 1 N–H and O–H groups in total. The van der Waals surface area contributed by atoms with Crippen molar-refractivity contribution in [1.82, 2.24) is 9.97 Å². The zero-order chi connectivity index (χ0) is 15.8. The van der Waals surface area contributed by atoms with Crippen molar-refractivity contribution in [2.45, 2.75) is 19.8 Å². The van der Waals surface area contributed by atoms with Gasteiger partial charge in [0, 0.05) is 24.0 Å². The van der Waals surface area contributed by atoms with Gasteiger partial charge >= 0.3 is 5.97 Å². The van der Waals surface area contributed by atoms with Crippen molar-refractivity contribution in [1.29, 1.82) is 0 Å². The van der Waals surface area contributed by atoms with Crippen LogP contribution in [0.5, 0.6) is 5.75 Å². The van der Waals surface area contributed by atoms with Crippen LogP contribution in [0.3, 0.4) is 0 Å². The fourth-order valence-corrected chi connectivity index (χ4v) is 1.78. The topological polar surface area (TPSA) is 73.3 Å². The summed E-state index contributed by atoms with van der Waals surface area (Å²) in [5.41, 5.74) is 1.79. The van der Waals surface area contributed by atoms with Gasteiger partial charge in [-0.2, -0.15) is 0 Å². The Morgan fingerprint density at radius 2 is 2.00 bits per heavy atom. The van der Waals surface area contributed by atoms with Gasteiger partial charge in [0.15, 0.2) is 0 Å². The lowest BCUT2D eigenvalue weighted by atomic mass is 10.3. The number of rotatable bonds is 7. The lowest BCUT2D eigenvalue weighted by Gasteiger charge is -2.08. The second-order valence-electron chi connectivity index (χ2n) is 4.70. The third kappa shape index (κ3) is 5.05. The van der Waals surface area contributed by atoms with Crippen LogP contribution >= 0.6 is 0 Å². The van der Waals surface area contributed by atoms with Crippen LogP contribution in [0.4, 0.5) is 11.6 Å². The van der Waals surface area contributed by atoms with Gasteiger partial charge in [0.2, 0.25) is 5.95 Å². The molecule has 0 aliphatic heterocycles. The summed E-state index contributed by atoms with van der Waals surface area (Å²) in [4.78, 5) is 19.4. The summed E-state index contributed by atoms with van der Waals surface area (Å²) >= 11 is 0. The number of nitrogens with one attached hydrogen (secondary N) is 1. The van der Waals surface area contributed by atoms with Gasteiger partial charge in [0.05, 0.1) is 13.7 Å². The maximum absolute atomic E-state index is 11.0. The second kappa shape index (κ2) is 7.97.